The van der Waals surface area contributed by atoms with Gasteiger partial charge in [0.25, 0.3) is 0 Å². The van der Waals surface area contributed by atoms with Gasteiger partial charge in [-0.3, -0.25) is 0 Å². The highest BCUT2D eigenvalue weighted by molar-refractivity contribution is 7.98. The third-order valence-electron chi connectivity index (χ3n) is 2.82. The summed E-state index contributed by atoms with van der Waals surface area (Å²) in [6.45, 7) is 2.65. The number of nitrogens with zero attached hydrogens (tertiary/aromatic N) is 1. The highest BCUT2D eigenvalue weighted by atomic mass is 32.2. The molecule has 1 atom stereocenters. The van der Waals surface area contributed by atoms with Crippen LogP contribution in [0.25, 0.3) is 0 Å². The molecule has 2 amide bonds. The number of carbonyl (C=O) groups excluding carboxylic acids is 1. The van der Waals surface area contributed by atoms with Gasteiger partial charge in [0.1, 0.15) is 0 Å². The molecule has 0 bridgehead atoms. The van der Waals surface area contributed by atoms with Crippen molar-refractivity contribution >= 4 is 27.6 Å². The Balaban J connectivity index is 2.43. The van der Waals surface area contributed by atoms with Crippen LogP contribution in [0.1, 0.15) is 13.3 Å². The third-order valence-corrected chi connectivity index (χ3v) is 5.16. The van der Waals surface area contributed by atoms with Crippen molar-refractivity contribution in [2.45, 2.75) is 19.4 Å². The molecule has 0 saturated carbocycles. The molecule has 1 rings (SSSR count). The molecule has 0 aromatic rings. The van der Waals surface area contributed by atoms with Crippen LogP contribution >= 0.6 is 11.8 Å². The molecule has 100 valence electrons. The lowest BCUT2D eigenvalue weighted by Crippen LogP contribution is -2.51. The Morgan fingerprint density at radius 2 is 2.00 bits per heavy atom. The molecule has 0 aromatic heterocycles. The first-order chi connectivity index (χ1) is 7.98. The van der Waals surface area contributed by atoms with E-state index in [1.165, 1.54) is 0 Å². The van der Waals surface area contributed by atoms with E-state index >= 15 is 0 Å². The average Bonchev–Trinajstić information content (AvgIpc) is 2.28. The molecule has 0 radical (unpaired) electrons. The van der Waals surface area contributed by atoms with Gasteiger partial charge in [-0.2, -0.15) is 11.8 Å². The Hall–Kier alpha value is -0.430. The smallest absolute Gasteiger partial charge is 0.317 e. The van der Waals surface area contributed by atoms with Crippen LogP contribution in [0, 0.1) is 0 Å². The van der Waals surface area contributed by atoms with Crippen LogP contribution in [0.3, 0.4) is 0 Å². The summed E-state index contributed by atoms with van der Waals surface area (Å²) in [5, 5.41) is 2.94. The first-order valence-electron chi connectivity index (χ1n) is 5.73. The van der Waals surface area contributed by atoms with Gasteiger partial charge in [-0.05, 0) is 12.7 Å². The summed E-state index contributed by atoms with van der Waals surface area (Å²) in [7, 11) is -2.92. The van der Waals surface area contributed by atoms with E-state index in [4.69, 9.17) is 0 Å². The number of hydrogen-bond donors (Lipinski definition) is 1. The van der Waals surface area contributed by atoms with Gasteiger partial charge < -0.3 is 10.2 Å². The van der Waals surface area contributed by atoms with Crippen LogP contribution in [0.2, 0.25) is 0 Å². The van der Waals surface area contributed by atoms with Gasteiger partial charge in [0.2, 0.25) is 0 Å². The molecular weight excluding hydrogens is 260 g/mol. The first kappa shape index (κ1) is 14.6. The molecule has 0 aliphatic carbocycles. The van der Waals surface area contributed by atoms with E-state index in [1.807, 2.05) is 13.2 Å². The second-order valence-corrected chi connectivity index (χ2v) is 7.36. The van der Waals surface area contributed by atoms with Gasteiger partial charge >= 0.3 is 6.03 Å². The predicted molar refractivity (Wildman–Crippen MR) is 71.2 cm³/mol. The molecule has 0 unspecified atom stereocenters. The van der Waals surface area contributed by atoms with E-state index in [0.717, 1.165) is 12.2 Å². The lowest BCUT2D eigenvalue weighted by molar-refractivity contribution is 0.198. The Bertz CT molecular complexity index is 343. The maximum Gasteiger partial charge on any atom is 0.317 e. The number of rotatable bonds is 4. The quantitative estimate of drug-likeness (QED) is 0.817. The number of urea groups is 1. The lowest BCUT2D eigenvalue weighted by Gasteiger charge is -2.28. The second-order valence-electron chi connectivity index (χ2n) is 4.15. The van der Waals surface area contributed by atoms with Crippen LogP contribution in [-0.4, -0.2) is 62.0 Å². The van der Waals surface area contributed by atoms with Crippen LogP contribution in [0.4, 0.5) is 4.79 Å². The fourth-order valence-corrected chi connectivity index (χ4v) is 3.57. The molecule has 1 aliphatic rings. The normalized spacial score (nSPS) is 20.9. The van der Waals surface area contributed by atoms with Gasteiger partial charge in [-0.1, -0.05) is 6.92 Å². The number of thioether (sulfide) groups is 1. The fraction of sp³-hybridized carbons (Fsp3) is 0.900. The summed E-state index contributed by atoms with van der Waals surface area (Å²) in [6, 6.07) is 0.0248. The fourth-order valence-electron chi connectivity index (χ4n) is 1.64. The third kappa shape index (κ3) is 4.75. The van der Waals surface area contributed by atoms with Gasteiger partial charge in [0.15, 0.2) is 9.84 Å². The minimum absolute atomic E-state index is 0.0831. The van der Waals surface area contributed by atoms with E-state index in [9.17, 15) is 13.2 Å². The van der Waals surface area contributed by atoms with Crippen molar-refractivity contribution < 1.29 is 13.2 Å². The SMILES string of the molecule is CC[C@H](CSC)NC(=O)N1CCS(=O)(=O)CC1. The number of hydrogen-bond acceptors (Lipinski definition) is 4. The van der Waals surface area contributed by atoms with Crippen LogP contribution in [0.5, 0.6) is 0 Å². The van der Waals surface area contributed by atoms with Gasteiger partial charge in [0.05, 0.1) is 11.5 Å². The molecular formula is C10H20N2O3S2. The van der Waals surface area contributed by atoms with Crippen molar-refractivity contribution in [3.05, 3.63) is 0 Å². The van der Waals surface area contributed by atoms with E-state index < -0.39 is 9.84 Å². The number of amides is 2. The monoisotopic (exact) mass is 280 g/mol. The highest BCUT2D eigenvalue weighted by Gasteiger charge is 2.25. The van der Waals surface area contributed by atoms with Crippen LogP contribution in [0.15, 0.2) is 0 Å². The van der Waals surface area contributed by atoms with E-state index in [0.29, 0.717) is 13.1 Å². The summed E-state index contributed by atoms with van der Waals surface area (Å²) < 4.78 is 22.5. The van der Waals surface area contributed by atoms with E-state index in [2.05, 4.69) is 5.32 Å². The summed E-state index contributed by atoms with van der Waals surface area (Å²) in [5.41, 5.74) is 0. The van der Waals surface area contributed by atoms with Crippen molar-refractivity contribution in [1.82, 2.24) is 10.2 Å². The van der Waals surface area contributed by atoms with Crippen molar-refractivity contribution in [3.8, 4) is 0 Å². The molecule has 1 aliphatic heterocycles. The van der Waals surface area contributed by atoms with Gasteiger partial charge in [-0.25, -0.2) is 13.2 Å². The van der Waals surface area contributed by atoms with Crippen molar-refractivity contribution in [2.24, 2.45) is 0 Å². The maximum atomic E-state index is 11.9. The predicted octanol–water partition coefficient (Wildman–Crippen LogP) is 0.568. The molecule has 0 aromatic carbocycles. The second kappa shape index (κ2) is 6.49. The standard InChI is InChI=1S/C10H20N2O3S2/c1-3-9(8-16-2)11-10(13)12-4-6-17(14,15)7-5-12/h9H,3-8H2,1-2H3,(H,11,13)/t9-/m1/s1. The van der Waals surface area contributed by atoms with Crippen LogP contribution in [-0.2, 0) is 9.84 Å². The lowest BCUT2D eigenvalue weighted by atomic mass is 10.2. The Morgan fingerprint density at radius 3 is 2.47 bits per heavy atom. The summed E-state index contributed by atoms with van der Waals surface area (Å²) in [6.07, 6.45) is 2.89. The summed E-state index contributed by atoms with van der Waals surface area (Å²) >= 11 is 1.69. The molecule has 0 spiro atoms. The minimum atomic E-state index is -2.92. The maximum absolute atomic E-state index is 11.9. The summed E-state index contributed by atoms with van der Waals surface area (Å²) in [4.78, 5) is 13.5. The number of sulfone groups is 1. The molecule has 7 heteroatoms. The molecule has 1 saturated heterocycles. The van der Waals surface area contributed by atoms with E-state index in [-0.39, 0.29) is 23.6 Å². The van der Waals surface area contributed by atoms with E-state index in [1.54, 1.807) is 16.7 Å². The van der Waals surface area contributed by atoms with Crippen molar-refractivity contribution in [3.63, 3.8) is 0 Å². The first-order valence-corrected chi connectivity index (χ1v) is 8.95. The van der Waals surface area contributed by atoms with Crippen molar-refractivity contribution in [2.75, 3.05) is 36.6 Å². The molecule has 1 heterocycles. The topological polar surface area (TPSA) is 66.5 Å². The molecule has 5 nitrogen and oxygen atoms in total. The molecule has 1 fully saturated rings. The largest absolute Gasteiger partial charge is 0.334 e. The average molecular weight is 280 g/mol. The highest BCUT2D eigenvalue weighted by Crippen LogP contribution is 2.06. The summed E-state index contributed by atoms with van der Waals surface area (Å²) in [5.74, 6) is 1.05. The van der Waals surface area contributed by atoms with Crippen LogP contribution < -0.4 is 5.32 Å². The van der Waals surface area contributed by atoms with Gasteiger partial charge in [0, 0.05) is 24.9 Å². The molecule has 17 heavy (non-hydrogen) atoms. The zero-order valence-electron chi connectivity index (χ0n) is 10.3. The Labute approximate surface area is 107 Å². The Kier molecular flexibility index (Phi) is 5.58. The number of nitrogens with one attached hydrogen (secondary N) is 1. The van der Waals surface area contributed by atoms with Crippen molar-refractivity contribution in [1.29, 1.82) is 0 Å². The minimum Gasteiger partial charge on any atom is -0.334 e. The zero-order valence-corrected chi connectivity index (χ0v) is 11.9. The zero-order chi connectivity index (χ0) is 12.9. The molecule has 1 N–H and O–H groups in total. The number of carbonyl (C=O) groups is 1. The van der Waals surface area contributed by atoms with Gasteiger partial charge in [-0.15, -0.1) is 0 Å². The Morgan fingerprint density at radius 1 is 1.41 bits per heavy atom.